The van der Waals surface area contributed by atoms with Crippen LogP contribution in [0.2, 0.25) is 0 Å². The van der Waals surface area contributed by atoms with Gasteiger partial charge in [-0.1, -0.05) is 12.5 Å². The fraction of sp³-hybridized carbons (Fsp3) is 0.500. The van der Waals surface area contributed by atoms with Gasteiger partial charge in [0.2, 0.25) is 0 Å². The molecule has 2 aliphatic rings. The molecule has 1 saturated carbocycles. The van der Waals surface area contributed by atoms with Gasteiger partial charge in [0.15, 0.2) is 0 Å². The van der Waals surface area contributed by atoms with E-state index in [1.807, 2.05) is 0 Å². The van der Waals surface area contributed by atoms with Crippen LogP contribution in [0.4, 0.5) is 13.6 Å². The van der Waals surface area contributed by atoms with Crippen LogP contribution in [0.3, 0.4) is 0 Å². The molecule has 1 aromatic rings. The van der Waals surface area contributed by atoms with E-state index >= 15 is 0 Å². The second-order valence-corrected chi connectivity index (χ2v) is 6.33. The molecule has 0 bridgehead atoms. The number of benzene rings is 1. The Kier molecular flexibility index (Phi) is 3.95. The Labute approximate surface area is 132 Å². The normalized spacial score (nSPS) is 26.2. The molecule has 124 valence electrons. The Morgan fingerprint density at radius 2 is 2.17 bits per heavy atom. The van der Waals surface area contributed by atoms with Crippen molar-refractivity contribution in [3.63, 3.8) is 0 Å². The van der Waals surface area contributed by atoms with E-state index < -0.39 is 29.0 Å². The van der Waals surface area contributed by atoms with Crippen molar-refractivity contribution < 1.29 is 23.5 Å². The summed E-state index contributed by atoms with van der Waals surface area (Å²) in [5.41, 5.74) is -0.648. The third-order valence-electron chi connectivity index (χ3n) is 5.03. The third-order valence-corrected chi connectivity index (χ3v) is 5.03. The number of nitrogens with one attached hydrogen (secondary N) is 1. The molecule has 0 spiro atoms. The number of carbonyl (C=O) groups is 2. The summed E-state index contributed by atoms with van der Waals surface area (Å²) in [6.07, 6.45) is 2.26. The number of carboxylic acids is 1. The first-order valence-corrected chi connectivity index (χ1v) is 7.62. The predicted octanol–water partition coefficient (Wildman–Crippen LogP) is 2.36. The van der Waals surface area contributed by atoms with Gasteiger partial charge in [0, 0.05) is 31.3 Å². The fourth-order valence-electron chi connectivity index (χ4n) is 3.74. The minimum absolute atomic E-state index is 0.0201. The summed E-state index contributed by atoms with van der Waals surface area (Å²) in [4.78, 5) is 25.3. The molecule has 1 heterocycles. The lowest BCUT2D eigenvalue weighted by Crippen LogP contribution is -2.41. The highest BCUT2D eigenvalue weighted by atomic mass is 19.1. The van der Waals surface area contributed by atoms with E-state index in [1.165, 1.54) is 11.0 Å². The largest absolute Gasteiger partial charge is 0.481 e. The zero-order chi connectivity index (χ0) is 16.6. The minimum Gasteiger partial charge on any atom is -0.481 e. The van der Waals surface area contributed by atoms with Crippen LogP contribution in [-0.4, -0.2) is 35.1 Å². The first-order valence-electron chi connectivity index (χ1n) is 7.62. The molecular weight excluding hydrogens is 306 g/mol. The van der Waals surface area contributed by atoms with Crippen LogP contribution >= 0.6 is 0 Å². The number of aliphatic carboxylic acids is 1. The quantitative estimate of drug-likeness (QED) is 0.897. The van der Waals surface area contributed by atoms with E-state index in [-0.39, 0.29) is 24.6 Å². The van der Waals surface area contributed by atoms with Gasteiger partial charge in [-0.15, -0.1) is 0 Å². The van der Waals surface area contributed by atoms with E-state index in [4.69, 9.17) is 0 Å². The molecule has 1 aromatic carbocycles. The maximum atomic E-state index is 13.6. The molecule has 2 atom stereocenters. The number of fused-ring (bicyclic) bond motifs is 1. The minimum atomic E-state index is -0.847. The molecule has 2 amide bonds. The van der Waals surface area contributed by atoms with Gasteiger partial charge in [0.1, 0.15) is 11.6 Å². The van der Waals surface area contributed by atoms with Crippen molar-refractivity contribution >= 4 is 12.0 Å². The van der Waals surface area contributed by atoms with Crippen molar-refractivity contribution in [2.75, 3.05) is 13.1 Å². The van der Waals surface area contributed by atoms with Crippen LogP contribution in [0.25, 0.3) is 0 Å². The number of carbonyl (C=O) groups excluding carboxylic acids is 1. The highest BCUT2D eigenvalue weighted by Crippen LogP contribution is 2.48. The molecule has 23 heavy (non-hydrogen) atoms. The zero-order valence-corrected chi connectivity index (χ0v) is 12.5. The lowest BCUT2D eigenvalue weighted by Gasteiger charge is -2.23. The maximum Gasteiger partial charge on any atom is 0.317 e. The Morgan fingerprint density at radius 1 is 1.39 bits per heavy atom. The summed E-state index contributed by atoms with van der Waals surface area (Å²) in [6, 6.07) is 2.76. The van der Waals surface area contributed by atoms with Gasteiger partial charge in [-0.3, -0.25) is 4.79 Å². The molecule has 0 aromatic heterocycles. The zero-order valence-electron chi connectivity index (χ0n) is 12.5. The second kappa shape index (κ2) is 5.79. The summed E-state index contributed by atoms with van der Waals surface area (Å²) >= 11 is 0. The molecule has 0 radical (unpaired) electrons. The van der Waals surface area contributed by atoms with E-state index in [0.29, 0.717) is 13.0 Å². The van der Waals surface area contributed by atoms with Gasteiger partial charge in [-0.05, 0) is 24.8 Å². The monoisotopic (exact) mass is 324 g/mol. The number of nitrogens with zero attached hydrogens (tertiary/aromatic N) is 1. The van der Waals surface area contributed by atoms with Gasteiger partial charge in [-0.2, -0.15) is 0 Å². The summed E-state index contributed by atoms with van der Waals surface area (Å²) in [7, 11) is 0. The number of halogens is 2. The van der Waals surface area contributed by atoms with Crippen molar-refractivity contribution in [1.82, 2.24) is 10.2 Å². The first-order chi connectivity index (χ1) is 10.9. The molecule has 3 rings (SSSR count). The Bertz CT molecular complexity index is 652. The number of carboxylic acid groups (broad SMARTS) is 1. The van der Waals surface area contributed by atoms with Crippen molar-refractivity contribution in [2.45, 2.75) is 25.8 Å². The van der Waals surface area contributed by atoms with Gasteiger partial charge in [0.25, 0.3) is 0 Å². The number of rotatable bonds is 3. The van der Waals surface area contributed by atoms with Crippen LogP contribution in [0.1, 0.15) is 24.8 Å². The first kappa shape index (κ1) is 15.7. The van der Waals surface area contributed by atoms with Crippen molar-refractivity contribution in [1.29, 1.82) is 0 Å². The maximum absolute atomic E-state index is 13.6. The molecule has 0 unspecified atom stereocenters. The van der Waals surface area contributed by atoms with Gasteiger partial charge in [0.05, 0.1) is 5.41 Å². The van der Waals surface area contributed by atoms with Crippen LogP contribution in [0.5, 0.6) is 0 Å². The predicted molar refractivity (Wildman–Crippen MR) is 77.6 cm³/mol. The second-order valence-electron chi connectivity index (χ2n) is 6.33. The lowest BCUT2D eigenvalue weighted by molar-refractivity contribution is -0.149. The number of amides is 2. The molecule has 7 heteroatoms. The van der Waals surface area contributed by atoms with E-state index in [2.05, 4.69) is 5.32 Å². The molecule has 1 aliphatic heterocycles. The van der Waals surface area contributed by atoms with Crippen molar-refractivity contribution in [3.8, 4) is 0 Å². The van der Waals surface area contributed by atoms with Gasteiger partial charge < -0.3 is 15.3 Å². The van der Waals surface area contributed by atoms with Crippen LogP contribution in [0.15, 0.2) is 18.2 Å². The molecular formula is C16H18F2N2O3. The molecule has 5 nitrogen and oxygen atoms in total. The van der Waals surface area contributed by atoms with E-state index in [0.717, 1.165) is 25.0 Å². The van der Waals surface area contributed by atoms with Crippen LogP contribution in [-0.2, 0) is 11.3 Å². The highest BCUT2D eigenvalue weighted by molar-refractivity contribution is 5.80. The summed E-state index contributed by atoms with van der Waals surface area (Å²) in [5, 5.41) is 12.1. The lowest BCUT2D eigenvalue weighted by atomic mass is 9.81. The summed E-state index contributed by atoms with van der Waals surface area (Å²) in [5.74, 6) is -2.26. The standard InChI is InChI=1S/C16H18F2N2O3/c17-12-4-3-10(13(18)6-12)7-19-15(23)20-8-11-2-1-5-16(11,9-20)14(21)22/h3-4,6,11H,1-2,5,7-9H2,(H,19,23)(H,21,22)/t11-,16+/m0/s1. The SMILES string of the molecule is O=C(NCc1ccc(F)cc1F)N1C[C@@H]2CCC[C@@]2(C(=O)O)C1. The topological polar surface area (TPSA) is 69.6 Å². The third kappa shape index (κ3) is 2.75. The number of likely N-dealkylation sites (tertiary alicyclic amines) is 1. The number of urea groups is 1. The van der Waals surface area contributed by atoms with Gasteiger partial charge >= 0.3 is 12.0 Å². The van der Waals surface area contributed by atoms with Crippen molar-refractivity contribution in [3.05, 3.63) is 35.4 Å². The smallest absolute Gasteiger partial charge is 0.317 e. The molecule has 1 saturated heterocycles. The number of hydrogen-bond acceptors (Lipinski definition) is 2. The Balaban J connectivity index is 1.63. The van der Waals surface area contributed by atoms with Crippen molar-refractivity contribution in [2.24, 2.45) is 11.3 Å². The van der Waals surface area contributed by atoms with E-state index in [9.17, 15) is 23.5 Å². The average molecular weight is 324 g/mol. The molecule has 1 aliphatic carbocycles. The molecule has 2 N–H and O–H groups in total. The Morgan fingerprint density at radius 3 is 2.83 bits per heavy atom. The van der Waals surface area contributed by atoms with Gasteiger partial charge in [-0.25, -0.2) is 13.6 Å². The van der Waals surface area contributed by atoms with Crippen LogP contribution < -0.4 is 5.32 Å². The summed E-state index contributed by atoms with van der Waals surface area (Å²) < 4.78 is 26.4. The Hall–Kier alpha value is -2.18. The van der Waals surface area contributed by atoms with Crippen LogP contribution in [0, 0.1) is 23.0 Å². The molecule has 2 fully saturated rings. The highest BCUT2D eigenvalue weighted by Gasteiger charge is 2.55. The number of hydrogen-bond donors (Lipinski definition) is 2. The summed E-state index contributed by atoms with van der Waals surface area (Å²) in [6.45, 7) is 0.529. The fourth-order valence-corrected chi connectivity index (χ4v) is 3.74. The van der Waals surface area contributed by atoms with E-state index in [1.54, 1.807) is 0 Å². The average Bonchev–Trinajstić information content (AvgIpc) is 3.04.